The Hall–Kier alpha value is -2.03. The smallest absolute Gasteiger partial charge is 0.151 e. The minimum Gasteiger partial charge on any atom is -0.298 e. The van der Waals surface area contributed by atoms with Crippen LogP contribution >= 0.6 is 0 Å². The van der Waals surface area contributed by atoms with Gasteiger partial charge in [-0.05, 0) is 36.6 Å². The minimum atomic E-state index is -0.183. The van der Waals surface area contributed by atoms with Crippen molar-refractivity contribution in [3.05, 3.63) is 65.2 Å². The van der Waals surface area contributed by atoms with Gasteiger partial charge in [-0.15, -0.1) is 0 Å². The number of carbonyl (C=O) groups is 1. The molecule has 0 aliphatic carbocycles. The lowest BCUT2D eigenvalue weighted by Gasteiger charge is -2.02. The minimum absolute atomic E-state index is 0.183. The molecular weight excluding hydrogens is 217 g/mol. The predicted octanol–water partition coefficient (Wildman–Crippen LogP) is 2.82. The number of halogens is 1. The van der Waals surface area contributed by atoms with Crippen LogP contribution in [0.1, 0.15) is 21.6 Å². The highest BCUT2D eigenvalue weighted by Crippen LogP contribution is 2.10. The number of rotatable bonds is 4. The molecule has 0 radical (unpaired) electrons. The van der Waals surface area contributed by atoms with Gasteiger partial charge in [-0.1, -0.05) is 18.2 Å². The van der Waals surface area contributed by atoms with Crippen LogP contribution in [-0.4, -0.2) is 11.3 Å². The van der Waals surface area contributed by atoms with Crippen molar-refractivity contribution in [1.82, 2.24) is 4.98 Å². The van der Waals surface area contributed by atoms with Gasteiger partial charge in [0.15, 0.2) is 6.29 Å². The van der Waals surface area contributed by atoms with Gasteiger partial charge in [0.25, 0.3) is 0 Å². The van der Waals surface area contributed by atoms with Crippen LogP contribution in [-0.2, 0) is 12.8 Å². The van der Waals surface area contributed by atoms with E-state index < -0.39 is 0 Å². The molecule has 0 aliphatic heterocycles. The molecule has 3 heteroatoms. The van der Waals surface area contributed by atoms with E-state index in [-0.39, 0.29) is 5.82 Å². The number of aldehydes is 1. The largest absolute Gasteiger partial charge is 0.298 e. The normalized spacial score (nSPS) is 10.2. The summed E-state index contributed by atoms with van der Waals surface area (Å²) in [5.41, 5.74) is 2.10. The monoisotopic (exact) mass is 229 g/mol. The summed E-state index contributed by atoms with van der Waals surface area (Å²) in [7, 11) is 0. The van der Waals surface area contributed by atoms with E-state index in [1.54, 1.807) is 24.3 Å². The summed E-state index contributed by atoms with van der Waals surface area (Å²) in [6.07, 6.45) is 3.57. The number of benzene rings is 1. The van der Waals surface area contributed by atoms with Crippen LogP contribution in [0.15, 0.2) is 42.6 Å². The molecule has 0 spiro atoms. The van der Waals surface area contributed by atoms with Crippen molar-refractivity contribution in [2.75, 3.05) is 0 Å². The Morgan fingerprint density at radius 3 is 2.59 bits per heavy atom. The van der Waals surface area contributed by atoms with E-state index in [0.29, 0.717) is 24.0 Å². The van der Waals surface area contributed by atoms with Gasteiger partial charge in [0.1, 0.15) is 5.82 Å². The van der Waals surface area contributed by atoms with Gasteiger partial charge in [0.2, 0.25) is 0 Å². The van der Waals surface area contributed by atoms with Crippen molar-refractivity contribution in [3.63, 3.8) is 0 Å². The summed E-state index contributed by atoms with van der Waals surface area (Å²) in [6.45, 7) is 0. The average Bonchev–Trinajstić information content (AvgIpc) is 2.38. The molecular formula is C14H12FNO. The van der Waals surface area contributed by atoms with Gasteiger partial charge >= 0.3 is 0 Å². The molecule has 0 fully saturated rings. The SMILES string of the molecule is O=Cc1ccc(CCc2ccccc2F)nc1. The number of aryl methyl sites for hydroxylation is 2. The van der Waals surface area contributed by atoms with E-state index in [2.05, 4.69) is 4.98 Å². The molecule has 2 aromatic rings. The fourth-order valence-electron chi connectivity index (χ4n) is 1.62. The fraction of sp³-hybridized carbons (Fsp3) is 0.143. The molecule has 17 heavy (non-hydrogen) atoms. The van der Waals surface area contributed by atoms with Crippen LogP contribution < -0.4 is 0 Å². The number of pyridine rings is 1. The number of hydrogen-bond acceptors (Lipinski definition) is 2. The predicted molar refractivity (Wildman–Crippen MR) is 63.4 cm³/mol. The van der Waals surface area contributed by atoms with Gasteiger partial charge < -0.3 is 0 Å². The first-order chi connectivity index (χ1) is 8.29. The Labute approximate surface area is 99.1 Å². The second kappa shape index (κ2) is 5.34. The highest BCUT2D eigenvalue weighted by Gasteiger charge is 2.02. The molecule has 2 nitrogen and oxygen atoms in total. The molecule has 0 N–H and O–H groups in total. The summed E-state index contributed by atoms with van der Waals surface area (Å²) in [5.74, 6) is -0.183. The van der Waals surface area contributed by atoms with Crippen LogP contribution in [0.2, 0.25) is 0 Å². The van der Waals surface area contributed by atoms with Gasteiger partial charge in [-0.25, -0.2) is 4.39 Å². The second-order valence-corrected chi connectivity index (χ2v) is 3.79. The summed E-state index contributed by atoms with van der Waals surface area (Å²) < 4.78 is 13.3. The topological polar surface area (TPSA) is 30.0 Å². The Morgan fingerprint density at radius 1 is 1.12 bits per heavy atom. The van der Waals surface area contributed by atoms with Crippen molar-refractivity contribution >= 4 is 6.29 Å². The molecule has 0 saturated heterocycles. The van der Waals surface area contributed by atoms with Gasteiger partial charge in [0.05, 0.1) is 0 Å². The number of aromatic nitrogens is 1. The lowest BCUT2D eigenvalue weighted by molar-refractivity contribution is 0.112. The third kappa shape index (κ3) is 2.97. The highest BCUT2D eigenvalue weighted by molar-refractivity contribution is 5.73. The Bertz CT molecular complexity index is 508. The molecule has 0 aliphatic rings. The first-order valence-corrected chi connectivity index (χ1v) is 5.43. The highest BCUT2D eigenvalue weighted by atomic mass is 19.1. The molecule has 1 heterocycles. The van der Waals surface area contributed by atoms with E-state index in [9.17, 15) is 9.18 Å². The number of carbonyl (C=O) groups excluding carboxylic acids is 1. The maximum atomic E-state index is 13.3. The molecule has 0 saturated carbocycles. The third-order valence-corrected chi connectivity index (χ3v) is 2.59. The maximum absolute atomic E-state index is 13.3. The first-order valence-electron chi connectivity index (χ1n) is 5.43. The average molecular weight is 229 g/mol. The van der Waals surface area contributed by atoms with Crippen molar-refractivity contribution < 1.29 is 9.18 Å². The van der Waals surface area contributed by atoms with Gasteiger partial charge in [-0.3, -0.25) is 9.78 Å². The van der Waals surface area contributed by atoms with Crippen molar-refractivity contribution in [1.29, 1.82) is 0 Å². The maximum Gasteiger partial charge on any atom is 0.151 e. The first kappa shape index (κ1) is 11.5. The summed E-state index contributed by atoms with van der Waals surface area (Å²) >= 11 is 0. The van der Waals surface area contributed by atoms with Crippen LogP contribution in [0.5, 0.6) is 0 Å². The quantitative estimate of drug-likeness (QED) is 0.754. The molecule has 0 bridgehead atoms. The van der Waals surface area contributed by atoms with Gasteiger partial charge in [0, 0.05) is 17.5 Å². The zero-order valence-corrected chi connectivity index (χ0v) is 9.27. The zero-order chi connectivity index (χ0) is 12.1. The summed E-state index contributed by atoms with van der Waals surface area (Å²) in [4.78, 5) is 14.6. The molecule has 1 aromatic heterocycles. The van der Waals surface area contributed by atoms with E-state index in [0.717, 1.165) is 12.0 Å². The third-order valence-electron chi connectivity index (χ3n) is 2.59. The van der Waals surface area contributed by atoms with Gasteiger partial charge in [-0.2, -0.15) is 0 Å². The van der Waals surface area contributed by atoms with Crippen LogP contribution in [0, 0.1) is 5.82 Å². The molecule has 1 aromatic carbocycles. The van der Waals surface area contributed by atoms with E-state index in [4.69, 9.17) is 0 Å². The lowest BCUT2D eigenvalue weighted by atomic mass is 10.1. The number of nitrogens with zero attached hydrogens (tertiary/aromatic N) is 1. The van der Waals surface area contributed by atoms with Crippen LogP contribution in [0.25, 0.3) is 0 Å². The van der Waals surface area contributed by atoms with Crippen molar-refractivity contribution in [2.24, 2.45) is 0 Å². The fourth-order valence-corrected chi connectivity index (χ4v) is 1.62. The second-order valence-electron chi connectivity index (χ2n) is 3.79. The Kier molecular flexibility index (Phi) is 3.60. The Balaban J connectivity index is 2.02. The zero-order valence-electron chi connectivity index (χ0n) is 9.27. The molecule has 0 atom stereocenters. The number of hydrogen-bond donors (Lipinski definition) is 0. The van der Waals surface area contributed by atoms with E-state index in [1.165, 1.54) is 12.3 Å². The van der Waals surface area contributed by atoms with Crippen LogP contribution in [0.4, 0.5) is 4.39 Å². The summed E-state index contributed by atoms with van der Waals surface area (Å²) in [5, 5.41) is 0. The lowest BCUT2D eigenvalue weighted by Crippen LogP contribution is -1.97. The Morgan fingerprint density at radius 2 is 1.94 bits per heavy atom. The van der Waals surface area contributed by atoms with E-state index in [1.807, 2.05) is 6.07 Å². The summed E-state index contributed by atoms with van der Waals surface area (Å²) in [6, 6.07) is 10.2. The molecule has 86 valence electrons. The molecule has 0 unspecified atom stereocenters. The van der Waals surface area contributed by atoms with E-state index >= 15 is 0 Å². The molecule has 0 amide bonds. The van der Waals surface area contributed by atoms with Crippen molar-refractivity contribution in [2.45, 2.75) is 12.8 Å². The standard InChI is InChI=1S/C14H12FNO/c15-14-4-2-1-3-12(14)6-8-13-7-5-11(10-17)9-16-13/h1-5,7,9-10H,6,8H2. The van der Waals surface area contributed by atoms with Crippen molar-refractivity contribution in [3.8, 4) is 0 Å². The van der Waals surface area contributed by atoms with Crippen LogP contribution in [0.3, 0.4) is 0 Å². The molecule has 2 rings (SSSR count).